The summed E-state index contributed by atoms with van der Waals surface area (Å²) in [5.41, 5.74) is 1.45. The van der Waals surface area contributed by atoms with E-state index in [1.165, 1.54) is 43.3 Å². The minimum Gasteiger partial charge on any atom is -0.494 e. The van der Waals surface area contributed by atoms with E-state index in [0.29, 0.717) is 12.1 Å². The molecule has 0 N–H and O–H groups in total. The number of carbonyl (C=O) groups is 2. The van der Waals surface area contributed by atoms with Gasteiger partial charge in [-0.15, -0.1) is 0 Å². The zero-order chi connectivity index (χ0) is 23.9. The van der Waals surface area contributed by atoms with Gasteiger partial charge in [0.15, 0.2) is 18.2 Å². The summed E-state index contributed by atoms with van der Waals surface area (Å²) in [6.45, 7) is 2.91. The number of halogens is 1. The topological polar surface area (TPSA) is 93.2 Å². The maximum absolute atomic E-state index is 13.9. The molecular weight excluding hydrogens is 439 g/mol. The molecule has 0 aliphatic carbocycles. The van der Waals surface area contributed by atoms with Crippen LogP contribution in [0, 0.1) is 12.7 Å². The fourth-order valence-corrected chi connectivity index (χ4v) is 3.96. The van der Waals surface area contributed by atoms with E-state index in [1.54, 1.807) is 25.1 Å². The Balaban J connectivity index is 1.92. The van der Waals surface area contributed by atoms with Gasteiger partial charge in [0.1, 0.15) is 6.54 Å². The number of hydrogen-bond acceptors (Lipinski definition) is 6. The molecule has 32 heavy (non-hydrogen) atoms. The first-order valence-corrected chi connectivity index (χ1v) is 11.3. The van der Waals surface area contributed by atoms with Crippen molar-refractivity contribution in [1.29, 1.82) is 0 Å². The number of carbonyl (C=O) groups excluding carboxylic acids is 2. The molecular formula is C22H27FN2O6S. The number of likely N-dealkylation sites (N-methyl/N-ethyl adjacent to an activating group) is 2. The predicted molar refractivity (Wildman–Crippen MR) is 116 cm³/mol. The Morgan fingerprint density at radius 3 is 2.31 bits per heavy atom. The number of esters is 1. The first-order chi connectivity index (χ1) is 15.1. The molecule has 0 saturated heterocycles. The second-order valence-electron chi connectivity index (χ2n) is 7.11. The van der Waals surface area contributed by atoms with Gasteiger partial charge in [0, 0.05) is 20.1 Å². The van der Waals surface area contributed by atoms with Crippen molar-refractivity contribution < 1.29 is 31.9 Å². The zero-order valence-corrected chi connectivity index (χ0v) is 19.3. The summed E-state index contributed by atoms with van der Waals surface area (Å²) >= 11 is 0. The Morgan fingerprint density at radius 1 is 1.09 bits per heavy atom. The summed E-state index contributed by atoms with van der Waals surface area (Å²) in [5.74, 6) is -1.79. The van der Waals surface area contributed by atoms with Crippen LogP contribution < -0.4 is 4.74 Å². The fraction of sp³-hybridized carbons (Fsp3) is 0.364. The highest BCUT2D eigenvalue weighted by atomic mass is 32.2. The third kappa shape index (κ3) is 6.51. The molecule has 1 amide bonds. The molecule has 0 heterocycles. The summed E-state index contributed by atoms with van der Waals surface area (Å²) in [6, 6.07) is 10.6. The number of hydrogen-bond donors (Lipinski definition) is 0. The lowest BCUT2D eigenvalue weighted by Gasteiger charge is -2.21. The van der Waals surface area contributed by atoms with Crippen LogP contribution >= 0.6 is 0 Å². The molecule has 2 aromatic carbocycles. The summed E-state index contributed by atoms with van der Waals surface area (Å²) in [5, 5.41) is 0. The molecule has 8 nitrogen and oxygen atoms in total. The van der Waals surface area contributed by atoms with Crippen molar-refractivity contribution >= 4 is 21.9 Å². The number of methoxy groups -OCH3 is 1. The quantitative estimate of drug-likeness (QED) is 0.499. The molecule has 0 aliphatic rings. The van der Waals surface area contributed by atoms with E-state index in [9.17, 15) is 22.4 Å². The van der Waals surface area contributed by atoms with Crippen LogP contribution in [0.4, 0.5) is 4.39 Å². The molecule has 0 aliphatic heterocycles. The largest absolute Gasteiger partial charge is 0.494 e. The van der Waals surface area contributed by atoms with Crippen LogP contribution in [0.3, 0.4) is 0 Å². The number of nitrogens with zero attached hydrogens (tertiary/aromatic N) is 2. The molecule has 0 bridgehead atoms. The van der Waals surface area contributed by atoms with Crippen molar-refractivity contribution in [3.05, 3.63) is 59.4 Å². The highest BCUT2D eigenvalue weighted by Gasteiger charge is 2.24. The molecule has 0 saturated carbocycles. The van der Waals surface area contributed by atoms with Crippen molar-refractivity contribution in [3.8, 4) is 5.75 Å². The standard InChI is InChI=1S/C22H27FN2O6S/c1-5-25(13-17-8-11-20(30-4)19(23)12-17)21(26)15-31-22(27)14-24(3)32(28,29)18-9-6-16(2)7-10-18/h6-12H,5,13-15H2,1-4H3. The van der Waals surface area contributed by atoms with Crippen LogP contribution in [-0.4, -0.2) is 63.4 Å². The van der Waals surface area contributed by atoms with Crippen molar-refractivity contribution in [2.75, 3.05) is 33.9 Å². The monoisotopic (exact) mass is 466 g/mol. The Labute approximate surface area is 187 Å². The fourth-order valence-electron chi connectivity index (χ4n) is 2.84. The number of aryl methyl sites for hydroxylation is 1. The molecule has 0 atom stereocenters. The molecule has 0 radical (unpaired) electrons. The van der Waals surface area contributed by atoms with Crippen molar-refractivity contribution in [2.45, 2.75) is 25.3 Å². The van der Waals surface area contributed by atoms with E-state index in [4.69, 9.17) is 9.47 Å². The lowest BCUT2D eigenvalue weighted by molar-refractivity contribution is -0.152. The van der Waals surface area contributed by atoms with Crippen LogP contribution in [0.5, 0.6) is 5.75 Å². The average Bonchev–Trinajstić information content (AvgIpc) is 2.76. The normalized spacial score (nSPS) is 11.3. The van der Waals surface area contributed by atoms with Crippen LogP contribution in [-0.2, 0) is 30.9 Å². The smallest absolute Gasteiger partial charge is 0.321 e. The summed E-state index contributed by atoms with van der Waals surface area (Å²) in [6.07, 6.45) is 0. The van der Waals surface area contributed by atoms with Gasteiger partial charge < -0.3 is 14.4 Å². The average molecular weight is 467 g/mol. The third-order valence-electron chi connectivity index (χ3n) is 4.76. The number of sulfonamides is 1. The predicted octanol–water partition coefficient (Wildman–Crippen LogP) is 2.36. The maximum atomic E-state index is 13.9. The third-order valence-corrected chi connectivity index (χ3v) is 6.58. The molecule has 0 spiro atoms. The first kappa shape index (κ1) is 25.3. The van der Waals surface area contributed by atoms with E-state index in [1.807, 2.05) is 6.92 Å². The molecule has 2 aromatic rings. The minimum atomic E-state index is -3.87. The number of rotatable bonds is 10. The Morgan fingerprint density at radius 2 is 1.75 bits per heavy atom. The maximum Gasteiger partial charge on any atom is 0.321 e. The van der Waals surface area contributed by atoms with Gasteiger partial charge in [-0.2, -0.15) is 4.31 Å². The lowest BCUT2D eigenvalue weighted by Crippen LogP contribution is -2.37. The van der Waals surface area contributed by atoms with Crippen LogP contribution in [0.1, 0.15) is 18.1 Å². The summed E-state index contributed by atoms with van der Waals surface area (Å²) in [4.78, 5) is 26.0. The minimum absolute atomic E-state index is 0.0540. The van der Waals surface area contributed by atoms with Gasteiger partial charge in [0.2, 0.25) is 10.0 Å². The van der Waals surface area contributed by atoms with Crippen LogP contribution in [0.2, 0.25) is 0 Å². The Bertz CT molecular complexity index is 1060. The molecule has 0 fully saturated rings. The SMILES string of the molecule is CCN(Cc1ccc(OC)c(F)c1)C(=O)COC(=O)CN(C)S(=O)(=O)c1ccc(C)cc1. The summed E-state index contributed by atoms with van der Waals surface area (Å²) < 4.78 is 49.7. The highest BCUT2D eigenvalue weighted by Crippen LogP contribution is 2.19. The highest BCUT2D eigenvalue weighted by molar-refractivity contribution is 7.89. The molecule has 2 rings (SSSR count). The Kier molecular flexibility index (Phi) is 8.73. The zero-order valence-electron chi connectivity index (χ0n) is 18.5. The Hall–Kier alpha value is -2.98. The van der Waals surface area contributed by atoms with Gasteiger partial charge in [0.25, 0.3) is 5.91 Å². The van der Waals surface area contributed by atoms with E-state index in [0.717, 1.165) is 9.87 Å². The second kappa shape index (κ2) is 11.1. The summed E-state index contributed by atoms with van der Waals surface area (Å²) in [7, 11) is -1.25. The van der Waals surface area contributed by atoms with Crippen molar-refractivity contribution in [1.82, 2.24) is 9.21 Å². The van der Waals surface area contributed by atoms with Gasteiger partial charge in [-0.3, -0.25) is 9.59 Å². The molecule has 0 unspecified atom stereocenters. The number of benzene rings is 2. The van der Waals surface area contributed by atoms with E-state index in [-0.39, 0.29) is 17.2 Å². The van der Waals surface area contributed by atoms with E-state index in [2.05, 4.69) is 0 Å². The lowest BCUT2D eigenvalue weighted by atomic mass is 10.2. The van der Waals surface area contributed by atoms with Gasteiger partial charge in [-0.25, -0.2) is 12.8 Å². The second-order valence-corrected chi connectivity index (χ2v) is 9.16. The number of amides is 1. The first-order valence-electron chi connectivity index (χ1n) is 9.87. The van der Waals surface area contributed by atoms with Crippen LogP contribution in [0.15, 0.2) is 47.4 Å². The molecule has 174 valence electrons. The van der Waals surface area contributed by atoms with Crippen molar-refractivity contribution in [2.24, 2.45) is 0 Å². The molecule has 0 aromatic heterocycles. The van der Waals surface area contributed by atoms with Gasteiger partial charge >= 0.3 is 5.97 Å². The number of ether oxygens (including phenoxy) is 2. The van der Waals surface area contributed by atoms with Gasteiger partial charge in [-0.1, -0.05) is 23.8 Å². The van der Waals surface area contributed by atoms with E-state index < -0.39 is 40.9 Å². The van der Waals surface area contributed by atoms with E-state index >= 15 is 0 Å². The van der Waals surface area contributed by atoms with Crippen molar-refractivity contribution in [3.63, 3.8) is 0 Å². The molecule has 10 heteroatoms. The van der Waals surface area contributed by atoms with Crippen LogP contribution in [0.25, 0.3) is 0 Å². The van der Waals surface area contributed by atoms with Gasteiger partial charge in [-0.05, 0) is 43.7 Å². The van der Waals surface area contributed by atoms with Gasteiger partial charge in [0.05, 0.1) is 12.0 Å².